The first-order chi connectivity index (χ1) is 7.66. The van der Waals surface area contributed by atoms with Crippen molar-refractivity contribution in [1.29, 1.82) is 0 Å². The Morgan fingerprint density at radius 2 is 2.12 bits per heavy atom. The van der Waals surface area contributed by atoms with Crippen molar-refractivity contribution in [2.75, 3.05) is 24.7 Å². The molecular formula is C11H21NO3S. The van der Waals surface area contributed by atoms with Gasteiger partial charge in [0.15, 0.2) is 9.84 Å². The van der Waals surface area contributed by atoms with Gasteiger partial charge in [0.05, 0.1) is 17.6 Å². The molecule has 2 rings (SSSR count). The summed E-state index contributed by atoms with van der Waals surface area (Å²) in [6.07, 6.45) is 5.78. The molecule has 0 aliphatic carbocycles. The van der Waals surface area contributed by atoms with Crippen LogP contribution in [0.25, 0.3) is 0 Å². The molecule has 2 fully saturated rings. The summed E-state index contributed by atoms with van der Waals surface area (Å²) in [5.41, 5.74) is 0. The Hall–Kier alpha value is -0.130. The molecular weight excluding hydrogens is 226 g/mol. The molecule has 0 spiro atoms. The lowest BCUT2D eigenvalue weighted by Gasteiger charge is -2.23. The summed E-state index contributed by atoms with van der Waals surface area (Å²) < 4.78 is 28.1. The van der Waals surface area contributed by atoms with Crippen molar-refractivity contribution in [1.82, 2.24) is 5.32 Å². The quantitative estimate of drug-likeness (QED) is 0.795. The largest absolute Gasteiger partial charge is 0.378 e. The number of nitrogens with one attached hydrogen (secondary N) is 1. The Kier molecular flexibility index (Phi) is 4.21. The molecule has 4 nitrogen and oxygen atoms in total. The molecule has 0 radical (unpaired) electrons. The van der Waals surface area contributed by atoms with Gasteiger partial charge in [-0.2, -0.15) is 0 Å². The summed E-state index contributed by atoms with van der Waals surface area (Å²) >= 11 is 0. The summed E-state index contributed by atoms with van der Waals surface area (Å²) in [4.78, 5) is 0. The monoisotopic (exact) mass is 247 g/mol. The van der Waals surface area contributed by atoms with Gasteiger partial charge in [0.1, 0.15) is 0 Å². The molecule has 0 saturated carbocycles. The predicted octanol–water partition coefficient (Wildman–Crippen LogP) is 0.722. The Morgan fingerprint density at radius 3 is 2.75 bits per heavy atom. The Labute approximate surface area is 97.7 Å². The lowest BCUT2D eigenvalue weighted by molar-refractivity contribution is 0.0113. The highest BCUT2D eigenvalue weighted by Crippen LogP contribution is 2.16. The maximum atomic E-state index is 11.2. The third-order valence-electron chi connectivity index (χ3n) is 3.41. The highest BCUT2D eigenvalue weighted by molar-refractivity contribution is 7.91. The average molecular weight is 247 g/mol. The molecule has 16 heavy (non-hydrogen) atoms. The first-order valence-corrected chi connectivity index (χ1v) is 8.03. The van der Waals surface area contributed by atoms with Crippen molar-refractivity contribution in [3.8, 4) is 0 Å². The highest BCUT2D eigenvalue weighted by atomic mass is 32.2. The average Bonchev–Trinajstić information content (AvgIpc) is 2.60. The number of hydrogen-bond acceptors (Lipinski definition) is 4. The Morgan fingerprint density at radius 1 is 1.25 bits per heavy atom. The van der Waals surface area contributed by atoms with Crippen molar-refractivity contribution in [3.05, 3.63) is 0 Å². The zero-order chi connectivity index (χ0) is 11.4. The van der Waals surface area contributed by atoms with E-state index in [1.807, 2.05) is 0 Å². The highest BCUT2D eigenvalue weighted by Gasteiger charge is 2.27. The molecule has 2 heterocycles. The molecule has 2 atom stereocenters. The number of rotatable bonds is 4. The van der Waals surface area contributed by atoms with Gasteiger partial charge in [-0.05, 0) is 38.6 Å². The van der Waals surface area contributed by atoms with E-state index in [1.165, 1.54) is 12.8 Å². The molecule has 0 aromatic rings. The molecule has 2 aliphatic heterocycles. The van der Waals surface area contributed by atoms with Gasteiger partial charge in [-0.3, -0.25) is 0 Å². The van der Waals surface area contributed by atoms with E-state index in [9.17, 15) is 8.42 Å². The predicted molar refractivity (Wildman–Crippen MR) is 63.3 cm³/mol. The minimum Gasteiger partial charge on any atom is -0.378 e. The van der Waals surface area contributed by atoms with Crippen LogP contribution in [0.4, 0.5) is 0 Å². The van der Waals surface area contributed by atoms with Gasteiger partial charge in [0, 0.05) is 12.6 Å². The minimum atomic E-state index is -2.74. The second-order valence-corrected chi connectivity index (χ2v) is 7.06. The van der Waals surface area contributed by atoms with Crippen molar-refractivity contribution >= 4 is 9.84 Å². The fraction of sp³-hybridized carbons (Fsp3) is 1.00. The summed E-state index contributed by atoms with van der Waals surface area (Å²) in [7, 11) is -2.74. The number of hydrogen-bond donors (Lipinski definition) is 1. The van der Waals surface area contributed by atoms with Crippen LogP contribution in [0.5, 0.6) is 0 Å². The molecule has 0 aromatic carbocycles. The Bertz CT molecular complexity index is 309. The van der Waals surface area contributed by atoms with Crippen LogP contribution < -0.4 is 5.32 Å². The van der Waals surface area contributed by atoms with Gasteiger partial charge in [-0.15, -0.1) is 0 Å². The third kappa shape index (κ3) is 3.71. The minimum absolute atomic E-state index is 0.175. The van der Waals surface area contributed by atoms with Crippen LogP contribution in [0.15, 0.2) is 0 Å². The van der Waals surface area contributed by atoms with Crippen LogP contribution in [-0.4, -0.2) is 45.2 Å². The van der Waals surface area contributed by atoms with Crippen LogP contribution in [0.3, 0.4) is 0 Å². The van der Waals surface area contributed by atoms with Crippen molar-refractivity contribution < 1.29 is 13.2 Å². The maximum Gasteiger partial charge on any atom is 0.151 e. The molecule has 0 aromatic heterocycles. The zero-order valence-electron chi connectivity index (χ0n) is 9.65. The fourth-order valence-electron chi connectivity index (χ4n) is 2.44. The molecule has 0 bridgehead atoms. The molecule has 2 unspecified atom stereocenters. The number of ether oxygens (including phenoxy) is 1. The summed E-state index contributed by atoms with van der Waals surface area (Å²) in [5.74, 6) is 0.670. The standard InChI is InChI=1S/C11H21NO3S/c13-16(14)8-5-10(9-16)12-6-4-11-3-1-2-7-15-11/h10-12H,1-9H2. The van der Waals surface area contributed by atoms with Gasteiger partial charge in [-0.1, -0.05) is 0 Å². The van der Waals surface area contributed by atoms with Gasteiger partial charge >= 0.3 is 0 Å². The fourth-order valence-corrected chi connectivity index (χ4v) is 4.15. The van der Waals surface area contributed by atoms with Crippen molar-refractivity contribution in [3.63, 3.8) is 0 Å². The van der Waals surface area contributed by atoms with E-state index in [0.29, 0.717) is 17.6 Å². The van der Waals surface area contributed by atoms with E-state index in [2.05, 4.69) is 5.32 Å². The van der Waals surface area contributed by atoms with E-state index in [1.54, 1.807) is 0 Å². The maximum absolute atomic E-state index is 11.2. The molecule has 94 valence electrons. The van der Waals surface area contributed by atoms with Crippen LogP contribution in [-0.2, 0) is 14.6 Å². The summed E-state index contributed by atoms with van der Waals surface area (Å²) in [6, 6.07) is 0.175. The van der Waals surface area contributed by atoms with Crippen LogP contribution in [0.1, 0.15) is 32.1 Å². The van der Waals surface area contributed by atoms with E-state index in [0.717, 1.165) is 32.4 Å². The molecule has 2 aliphatic rings. The first-order valence-electron chi connectivity index (χ1n) is 6.21. The second kappa shape index (κ2) is 5.47. The first kappa shape index (κ1) is 12.3. The van der Waals surface area contributed by atoms with Crippen molar-refractivity contribution in [2.24, 2.45) is 0 Å². The van der Waals surface area contributed by atoms with Crippen LogP contribution in [0, 0.1) is 0 Å². The van der Waals surface area contributed by atoms with Gasteiger partial charge in [0.25, 0.3) is 0 Å². The lowest BCUT2D eigenvalue weighted by Crippen LogP contribution is -2.33. The molecule has 5 heteroatoms. The normalized spacial score (nSPS) is 34.0. The number of sulfone groups is 1. The van der Waals surface area contributed by atoms with E-state index in [-0.39, 0.29) is 6.04 Å². The van der Waals surface area contributed by atoms with Crippen LogP contribution >= 0.6 is 0 Å². The lowest BCUT2D eigenvalue weighted by atomic mass is 10.1. The molecule has 2 saturated heterocycles. The zero-order valence-corrected chi connectivity index (χ0v) is 10.5. The smallest absolute Gasteiger partial charge is 0.151 e. The van der Waals surface area contributed by atoms with Crippen LogP contribution in [0.2, 0.25) is 0 Å². The van der Waals surface area contributed by atoms with Crippen molar-refractivity contribution in [2.45, 2.75) is 44.2 Å². The second-order valence-electron chi connectivity index (χ2n) is 4.83. The third-order valence-corrected chi connectivity index (χ3v) is 5.17. The topological polar surface area (TPSA) is 55.4 Å². The van der Waals surface area contributed by atoms with E-state index in [4.69, 9.17) is 4.74 Å². The summed E-state index contributed by atoms with van der Waals surface area (Å²) in [6.45, 7) is 1.77. The van der Waals surface area contributed by atoms with Gasteiger partial charge in [0.2, 0.25) is 0 Å². The Balaban J connectivity index is 1.61. The van der Waals surface area contributed by atoms with E-state index >= 15 is 0 Å². The summed E-state index contributed by atoms with van der Waals surface area (Å²) in [5, 5.41) is 3.33. The molecule has 1 N–H and O–H groups in total. The molecule has 0 amide bonds. The van der Waals surface area contributed by atoms with Gasteiger partial charge < -0.3 is 10.1 Å². The van der Waals surface area contributed by atoms with E-state index < -0.39 is 9.84 Å². The SMILES string of the molecule is O=S1(=O)CCC(NCCC2CCCCO2)C1. The van der Waals surface area contributed by atoms with Gasteiger partial charge in [-0.25, -0.2) is 8.42 Å².